The van der Waals surface area contributed by atoms with Gasteiger partial charge in [0.15, 0.2) is 5.82 Å². The maximum absolute atomic E-state index is 12.0. The van der Waals surface area contributed by atoms with Crippen molar-refractivity contribution in [3.63, 3.8) is 0 Å². The van der Waals surface area contributed by atoms with Gasteiger partial charge in [0.1, 0.15) is 5.75 Å². The van der Waals surface area contributed by atoms with Crippen molar-refractivity contribution in [3.8, 4) is 11.4 Å². The molecule has 1 heterocycles. The van der Waals surface area contributed by atoms with Crippen LogP contribution in [0.1, 0.15) is 11.4 Å². The number of carbonyl (C=O) groups excluding carboxylic acids is 1. The number of nitrogens with zero attached hydrogens (tertiary/aromatic N) is 4. The second kappa shape index (κ2) is 8.61. The van der Waals surface area contributed by atoms with Gasteiger partial charge in [-0.2, -0.15) is 4.68 Å². The van der Waals surface area contributed by atoms with Gasteiger partial charge in [0.2, 0.25) is 0 Å². The number of urea groups is 1. The first kappa shape index (κ1) is 17.4. The zero-order chi connectivity index (χ0) is 18.2. The summed E-state index contributed by atoms with van der Waals surface area (Å²) in [6, 6.07) is 17.0. The van der Waals surface area contributed by atoms with E-state index in [2.05, 4.69) is 26.2 Å². The van der Waals surface area contributed by atoms with Gasteiger partial charge in [-0.25, -0.2) is 4.79 Å². The van der Waals surface area contributed by atoms with E-state index in [1.165, 1.54) is 0 Å². The van der Waals surface area contributed by atoms with Crippen LogP contribution in [-0.2, 0) is 13.0 Å². The van der Waals surface area contributed by atoms with E-state index in [0.717, 1.165) is 23.4 Å². The Bertz CT molecular complexity index is 832. The van der Waals surface area contributed by atoms with Crippen molar-refractivity contribution in [2.75, 3.05) is 13.7 Å². The van der Waals surface area contributed by atoms with Crippen molar-refractivity contribution >= 4 is 6.03 Å². The Kier molecular flexibility index (Phi) is 5.76. The summed E-state index contributed by atoms with van der Waals surface area (Å²) >= 11 is 0. The highest BCUT2D eigenvalue weighted by molar-refractivity contribution is 5.73. The fourth-order valence-corrected chi connectivity index (χ4v) is 2.42. The van der Waals surface area contributed by atoms with Crippen LogP contribution in [0.4, 0.5) is 4.79 Å². The maximum Gasteiger partial charge on any atom is 0.315 e. The fourth-order valence-electron chi connectivity index (χ4n) is 2.42. The van der Waals surface area contributed by atoms with Gasteiger partial charge in [0.25, 0.3) is 0 Å². The predicted molar refractivity (Wildman–Crippen MR) is 96.1 cm³/mol. The SMILES string of the molecule is COc1ccc(CCNC(=O)NCc2nnnn2-c2ccccc2)cc1. The van der Waals surface area contributed by atoms with Crippen LogP contribution < -0.4 is 15.4 Å². The molecule has 0 aliphatic rings. The predicted octanol–water partition coefficient (Wildman–Crippen LogP) is 1.71. The van der Waals surface area contributed by atoms with Crippen LogP contribution in [0.15, 0.2) is 54.6 Å². The summed E-state index contributed by atoms with van der Waals surface area (Å²) in [6.07, 6.45) is 0.735. The number of benzene rings is 2. The number of tetrazole rings is 1. The third-order valence-electron chi connectivity index (χ3n) is 3.80. The van der Waals surface area contributed by atoms with Crippen LogP contribution >= 0.6 is 0 Å². The first-order valence-electron chi connectivity index (χ1n) is 8.23. The Hall–Kier alpha value is -3.42. The Balaban J connectivity index is 1.45. The lowest BCUT2D eigenvalue weighted by molar-refractivity contribution is 0.240. The quantitative estimate of drug-likeness (QED) is 0.675. The smallest absolute Gasteiger partial charge is 0.315 e. The average Bonchev–Trinajstić information content (AvgIpc) is 3.16. The third-order valence-corrected chi connectivity index (χ3v) is 3.80. The third kappa shape index (κ3) is 4.56. The van der Waals surface area contributed by atoms with E-state index in [0.29, 0.717) is 12.4 Å². The molecule has 0 saturated heterocycles. The lowest BCUT2D eigenvalue weighted by Gasteiger charge is -2.08. The number of amides is 2. The van der Waals surface area contributed by atoms with Gasteiger partial charge in [0.05, 0.1) is 19.3 Å². The van der Waals surface area contributed by atoms with Crippen LogP contribution in [0.5, 0.6) is 5.75 Å². The zero-order valence-corrected chi connectivity index (χ0v) is 14.4. The topological polar surface area (TPSA) is 94.0 Å². The number of methoxy groups -OCH3 is 1. The maximum atomic E-state index is 12.0. The van der Waals surface area contributed by atoms with Crippen LogP contribution in [0.3, 0.4) is 0 Å². The van der Waals surface area contributed by atoms with Gasteiger partial charge in [-0.1, -0.05) is 30.3 Å². The number of nitrogens with one attached hydrogen (secondary N) is 2. The van der Waals surface area contributed by atoms with Crippen molar-refractivity contribution in [2.24, 2.45) is 0 Å². The summed E-state index contributed by atoms with van der Waals surface area (Å²) in [5, 5.41) is 17.2. The van der Waals surface area contributed by atoms with E-state index >= 15 is 0 Å². The molecule has 2 amide bonds. The van der Waals surface area contributed by atoms with Crippen molar-refractivity contribution in [2.45, 2.75) is 13.0 Å². The summed E-state index contributed by atoms with van der Waals surface area (Å²) in [7, 11) is 1.63. The molecular formula is C18H20N6O2. The van der Waals surface area contributed by atoms with Crippen molar-refractivity contribution < 1.29 is 9.53 Å². The van der Waals surface area contributed by atoms with Gasteiger partial charge >= 0.3 is 6.03 Å². The Labute approximate surface area is 151 Å². The van der Waals surface area contributed by atoms with Crippen LogP contribution in [0.2, 0.25) is 0 Å². The highest BCUT2D eigenvalue weighted by Crippen LogP contribution is 2.11. The van der Waals surface area contributed by atoms with E-state index in [4.69, 9.17) is 4.74 Å². The number of para-hydroxylation sites is 1. The number of ether oxygens (including phenoxy) is 1. The lowest BCUT2D eigenvalue weighted by Crippen LogP contribution is -2.36. The molecule has 3 aromatic rings. The zero-order valence-electron chi connectivity index (χ0n) is 14.4. The molecule has 3 rings (SSSR count). The molecule has 0 aliphatic carbocycles. The minimum Gasteiger partial charge on any atom is -0.497 e. The summed E-state index contributed by atoms with van der Waals surface area (Å²) in [6.45, 7) is 0.762. The second-order valence-electron chi connectivity index (χ2n) is 5.55. The van der Waals surface area contributed by atoms with Crippen LogP contribution in [0.25, 0.3) is 5.69 Å². The standard InChI is InChI=1S/C18H20N6O2/c1-26-16-9-7-14(8-10-16)11-12-19-18(25)20-13-17-21-22-23-24(17)15-5-3-2-4-6-15/h2-10H,11-13H2,1H3,(H2,19,20,25). The normalized spacial score (nSPS) is 10.3. The number of hydrogen-bond acceptors (Lipinski definition) is 5. The Morgan fingerprint density at radius 1 is 1.08 bits per heavy atom. The highest BCUT2D eigenvalue weighted by Gasteiger charge is 2.09. The minimum absolute atomic E-state index is 0.232. The highest BCUT2D eigenvalue weighted by atomic mass is 16.5. The number of aromatic nitrogens is 4. The summed E-state index contributed by atoms with van der Waals surface area (Å²) in [5.41, 5.74) is 1.97. The molecule has 2 N–H and O–H groups in total. The van der Waals surface area contributed by atoms with E-state index in [-0.39, 0.29) is 12.6 Å². The summed E-state index contributed by atoms with van der Waals surface area (Å²) < 4.78 is 6.72. The van der Waals surface area contributed by atoms with Gasteiger partial charge in [-0.3, -0.25) is 0 Å². The van der Waals surface area contributed by atoms with Gasteiger partial charge < -0.3 is 15.4 Å². The second-order valence-corrected chi connectivity index (χ2v) is 5.55. The molecule has 1 aromatic heterocycles. The first-order valence-corrected chi connectivity index (χ1v) is 8.23. The molecular weight excluding hydrogens is 332 g/mol. The van der Waals surface area contributed by atoms with Crippen LogP contribution in [-0.4, -0.2) is 39.9 Å². The van der Waals surface area contributed by atoms with Crippen molar-refractivity contribution in [1.29, 1.82) is 0 Å². The molecule has 0 bridgehead atoms. The molecule has 0 fully saturated rings. The van der Waals surface area contributed by atoms with Crippen molar-refractivity contribution in [3.05, 3.63) is 66.0 Å². The number of hydrogen-bond donors (Lipinski definition) is 2. The average molecular weight is 352 g/mol. The first-order chi connectivity index (χ1) is 12.8. The molecule has 0 spiro atoms. The molecule has 0 radical (unpaired) electrons. The van der Waals surface area contributed by atoms with E-state index in [1.54, 1.807) is 11.8 Å². The Morgan fingerprint density at radius 2 is 1.85 bits per heavy atom. The largest absolute Gasteiger partial charge is 0.497 e. The minimum atomic E-state index is -0.263. The lowest BCUT2D eigenvalue weighted by atomic mass is 10.1. The molecule has 134 valence electrons. The molecule has 8 heteroatoms. The van der Waals surface area contributed by atoms with Crippen molar-refractivity contribution in [1.82, 2.24) is 30.8 Å². The molecule has 0 unspecified atom stereocenters. The monoisotopic (exact) mass is 352 g/mol. The Morgan fingerprint density at radius 3 is 2.58 bits per heavy atom. The number of rotatable bonds is 7. The number of carbonyl (C=O) groups is 1. The molecule has 26 heavy (non-hydrogen) atoms. The van der Waals surface area contributed by atoms with Gasteiger partial charge in [-0.15, -0.1) is 5.10 Å². The molecule has 0 saturated carbocycles. The summed E-state index contributed by atoms with van der Waals surface area (Å²) in [5.74, 6) is 1.37. The summed E-state index contributed by atoms with van der Waals surface area (Å²) in [4.78, 5) is 12.0. The fraction of sp³-hybridized carbons (Fsp3) is 0.222. The van der Waals surface area contributed by atoms with Gasteiger partial charge in [-0.05, 0) is 46.7 Å². The van der Waals surface area contributed by atoms with E-state index < -0.39 is 0 Å². The van der Waals surface area contributed by atoms with Gasteiger partial charge in [0, 0.05) is 6.54 Å². The van der Waals surface area contributed by atoms with E-state index in [1.807, 2.05) is 54.6 Å². The molecule has 0 atom stereocenters. The van der Waals surface area contributed by atoms with E-state index in [9.17, 15) is 4.79 Å². The van der Waals surface area contributed by atoms with Crippen LogP contribution in [0, 0.1) is 0 Å². The molecule has 8 nitrogen and oxygen atoms in total. The molecule has 0 aliphatic heterocycles. The molecule has 2 aromatic carbocycles.